The minimum Gasteiger partial charge on any atom is -0.292 e. The van der Waals surface area contributed by atoms with Crippen LogP contribution in [0.15, 0.2) is 194 Å². The summed E-state index contributed by atoms with van der Waals surface area (Å²) in [4.78, 5) is 21.1. The lowest BCUT2D eigenvalue weighted by molar-refractivity contribution is 0.955. The van der Waals surface area contributed by atoms with Crippen LogP contribution in [-0.2, 0) is 0 Å². The molecule has 0 aliphatic rings. The highest BCUT2D eigenvalue weighted by molar-refractivity contribution is 6.36. The molecule has 0 saturated carbocycles. The lowest BCUT2D eigenvalue weighted by Crippen LogP contribution is -2.06. The predicted octanol–water partition coefficient (Wildman–Crippen LogP) is 12.8. The Kier molecular flexibility index (Phi) is 7.13. The van der Waals surface area contributed by atoms with Gasteiger partial charge in [0.25, 0.3) is 0 Å². The predicted molar refractivity (Wildman–Crippen MR) is 238 cm³/mol. The lowest BCUT2D eigenvalue weighted by atomic mass is 9.92. The zero-order chi connectivity index (χ0) is 38.2. The van der Waals surface area contributed by atoms with E-state index in [2.05, 4.69) is 167 Å². The van der Waals surface area contributed by atoms with E-state index in [0.717, 1.165) is 93.4 Å². The van der Waals surface area contributed by atoms with E-state index in [4.69, 9.17) is 19.9 Å². The van der Waals surface area contributed by atoms with Gasteiger partial charge < -0.3 is 0 Å². The molecule has 270 valence electrons. The Morgan fingerprint density at radius 1 is 0.310 bits per heavy atom. The molecule has 0 N–H and O–H groups in total. The summed E-state index contributed by atoms with van der Waals surface area (Å²) in [7, 11) is 0. The van der Waals surface area contributed by atoms with Gasteiger partial charge in [-0.3, -0.25) is 9.13 Å². The van der Waals surface area contributed by atoms with Gasteiger partial charge in [0.05, 0.1) is 22.1 Å². The van der Waals surface area contributed by atoms with Gasteiger partial charge in [0.2, 0.25) is 5.95 Å². The number of fused-ring (bicyclic) bond motifs is 12. The number of nitrogens with zero attached hydrogens (tertiary/aromatic N) is 6. The molecule has 0 aliphatic carbocycles. The molecule has 0 aliphatic heterocycles. The summed E-state index contributed by atoms with van der Waals surface area (Å²) in [5.74, 6) is 2.72. The minimum absolute atomic E-state index is 0.570. The highest BCUT2D eigenvalue weighted by Crippen LogP contribution is 2.45. The molecule has 0 spiro atoms. The fourth-order valence-electron chi connectivity index (χ4n) is 8.84. The first-order chi connectivity index (χ1) is 28.8. The third kappa shape index (κ3) is 4.85. The van der Waals surface area contributed by atoms with Crippen LogP contribution in [0.1, 0.15) is 0 Å². The fourth-order valence-corrected chi connectivity index (χ4v) is 8.84. The van der Waals surface area contributed by atoms with Crippen LogP contribution >= 0.6 is 0 Å². The Hall–Kier alpha value is -7.96. The van der Waals surface area contributed by atoms with E-state index < -0.39 is 0 Å². The number of rotatable bonds is 5. The van der Waals surface area contributed by atoms with E-state index in [1.54, 1.807) is 0 Å². The van der Waals surface area contributed by atoms with Crippen molar-refractivity contribution in [1.82, 2.24) is 29.1 Å². The van der Waals surface area contributed by atoms with Crippen molar-refractivity contribution in [2.45, 2.75) is 0 Å². The molecule has 0 saturated heterocycles. The number of para-hydroxylation sites is 2. The quantitative estimate of drug-likeness (QED) is 0.165. The van der Waals surface area contributed by atoms with Gasteiger partial charge in [-0.05, 0) is 45.8 Å². The summed E-state index contributed by atoms with van der Waals surface area (Å²) in [5, 5.41) is 9.11. The zero-order valence-electron chi connectivity index (χ0n) is 31.2. The maximum atomic E-state index is 5.51. The minimum atomic E-state index is 0.570. The van der Waals surface area contributed by atoms with Gasteiger partial charge in [-0.15, -0.1) is 0 Å². The van der Waals surface area contributed by atoms with Crippen molar-refractivity contribution in [3.63, 3.8) is 0 Å². The molecule has 0 amide bonds. The van der Waals surface area contributed by atoms with Gasteiger partial charge in [0.1, 0.15) is 5.82 Å². The topological polar surface area (TPSA) is 61.4 Å². The first-order valence-corrected chi connectivity index (χ1v) is 19.5. The number of imidazole rings is 1. The SMILES string of the molecule is c1ccc(-c2nc(-c3ccccc3)nc(-n3c4ccccc4c4ccc5c6ccc7c(nc(-c8ccccc8)n7-c7ccccc7)c6c6ccccc6c5c43)n2)cc1. The summed E-state index contributed by atoms with van der Waals surface area (Å²) in [6.07, 6.45) is 0. The van der Waals surface area contributed by atoms with E-state index in [0.29, 0.717) is 17.6 Å². The third-order valence-electron chi connectivity index (χ3n) is 11.4. The van der Waals surface area contributed by atoms with E-state index in [1.807, 2.05) is 36.4 Å². The highest BCUT2D eigenvalue weighted by atomic mass is 15.2. The smallest absolute Gasteiger partial charge is 0.238 e. The second-order valence-corrected chi connectivity index (χ2v) is 14.6. The first-order valence-electron chi connectivity index (χ1n) is 19.5. The van der Waals surface area contributed by atoms with Crippen molar-refractivity contribution in [1.29, 1.82) is 0 Å². The van der Waals surface area contributed by atoms with Gasteiger partial charge in [-0.1, -0.05) is 170 Å². The number of hydrogen-bond acceptors (Lipinski definition) is 4. The van der Waals surface area contributed by atoms with Crippen LogP contribution in [0.2, 0.25) is 0 Å². The molecule has 0 bridgehead atoms. The van der Waals surface area contributed by atoms with E-state index >= 15 is 0 Å². The molecular formula is C52H32N6. The molecule has 9 aromatic carbocycles. The molecule has 3 aromatic heterocycles. The molecular weight excluding hydrogens is 709 g/mol. The monoisotopic (exact) mass is 740 g/mol. The molecule has 12 rings (SSSR count). The molecule has 58 heavy (non-hydrogen) atoms. The van der Waals surface area contributed by atoms with Gasteiger partial charge >= 0.3 is 0 Å². The lowest BCUT2D eigenvalue weighted by Gasteiger charge is -2.15. The molecule has 6 nitrogen and oxygen atoms in total. The maximum absolute atomic E-state index is 5.51. The van der Waals surface area contributed by atoms with Crippen molar-refractivity contribution < 1.29 is 0 Å². The van der Waals surface area contributed by atoms with Crippen LogP contribution < -0.4 is 0 Å². The van der Waals surface area contributed by atoms with Crippen molar-refractivity contribution >= 4 is 65.2 Å². The second-order valence-electron chi connectivity index (χ2n) is 14.6. The molecule has 0 atom stereocenters. The van der Waals surface area contributed by atoms with Gasteiger partial charge in [0, 0.05) is 43.9 Å². The largest absolute Gasteiger partial charge is 0.292 e. The van der Waals surface area contributed by atoms with Gasteiger partial charge in [0.15, 0.2) is 11.6 Å². The third-order valence-corrected chi connectivity index (χ3v) is 11.4. The van der Waals surface area contributed by atoms with Crippen LogP contribution in [-0.4, -0.2) is 29.1 Å². The Labute approximate surface area is 333 Å². The Morgan fingerprint density at radius 3 is 1.45 bits per heavy atom. The Morgan fingerprint density at radius 2 is 0.793 bits per heavy atom. The zero-order valence-corrected chi connectivity index (χ0v) is 31.2. The molecule has 12 aromatic rings. The van der Waals surface area contributed by atoms with Crippen LogP contribution in [0.3, 0.4) is 0 Å². The van der Waals surface area contributed by atoms with Crippen molar-refractivity contribution in [2.24, 2.45) is 0 Å². The van der Waals surface area contributed by atoms with E-state index in [-0.39, 0.29) is 0 Å². The maximum Gasteiger partial charge on any atom is 0.238 e. The number of hydrogen-bond donors (Lipinski definition) is 0. The molecule has 3 heterocycles. The average molecular weight is 741 g/mol. The summed E-state index contributed by atoms with van der Waals surface area (Å²) in [6.45, 7) is 0. The number of benzene rings is 9. The Balaban J connectivity index is 1.23. The average Bonchev–Trinajstić information content (AvgIpc) is 3.87. The normalized spacial score (nSPS) is 11.8. The summed E-state index contributed by atoms with van der Waals surface area (Å²) < 4.78 is 4.54. The molecule has 6 heteroatoms. The number of aromatic nitrogens is 6. The van der Waals surface area contributed by atoms with E-state index in [1.165, 1.54) is 0 Å². The van der Waals surface area contributed by atoms with Crippen LogP contribution in [0, 0.1) is 0 Å². The second kappa shape index (κ2) is 12.8. The highest BCUT2D eigenvalue weighted by Gasteiger charge is 2.24. The van der Waals surface area contributed by atoms with Crippen molar-refractivity contribution in [3.05, 3.63) is 194 Å². The first kappa shape index (κ1) is 32.3. The Bertz CT molecular complexity index is 3460. The van der Waals surface area contributed by atoms with Crippen molar-refractivity contribution in [2.75, 3.05) is 0 Å². The van der Waals surface area contributed by atoms with E-state index in [9.17, 15) is 0 Å². The molecule has 0 unspecified atom stereocenters. The summed E-state index contributed by atoms with van der Waals surface area (Å²) >= 11 is 0. The summed E-state index contributed by atoms with van der Waals surface area (Å²) in [6, 6.07) is 67.8. The standard InChI is InChI=1S/C52H32N6/c1-5-17-33(18-6-1)49-54-50(34-19-7-2-8-20-34)56-52(55-49)58-43-28-16-15-25-37(43)42-30-29-41-40-31-32-44-47(45(40)38-26-13-14-27-39(38)46(41)48(42)58)53-51(35-21-9-3-10-22-35)57(44)36-23-11-4-12-24-36/h1-32H. The molecule has 0 radical (unpaired) electrons. The molecule has 0 fully saturated rings. The van der Waals surface area contributed by atoms with Gasteiger partial charge in [-0.25, -0.2) is 9.97 Å². The summed E-state index contributed by atoms with van der Waals surface area (Å²) in [5.41, 5.74) is 8.11. The van der Waals surface area contributed by atoms with Crippen LogP contribution in [0.5, 0.6) is 0 Å². The van der Waals surface area contributed by atoms with Crippen LogP contribution in [0.4, 0.5) is 0 Å². The van der Waals surface area contributed by atoms with Gasteiger partial charge in [-0.2, -0.15) is 9.97 Å². The fraction of sp³-hybridized carbons (Fsp3) is 0. The van der Waals surface area contributed by atoms with Crippen LogP contribution in [0.25, 0.3) is 111 Å². The van der Waals surface area contributed by atoms with Crippen molar-refractivity contribution in [3.8, 4) is 45.8 Å².